The number of hydrogen-bond acceptors (Lipinski definition) is 7. The Bertz CT molecular complexity index is 514. The Morgan fingerprint density at radius 2 is 2.19 bits per heavy atom. The van der Waals surface area contributed by atoms with Gasteiger partial charge in [0.2, 0.25) is 0 Å². The minimum Gasteiger partial charge on any atom is -0.484 e. The average molecular weight is 296 g/mol. The third kappa shape index (κ3) is 5.74. The van der Waals surface area contributed by atoms with Gasteiger partial charge in [0.1, 0.15) is 12.7 Å². The molecule has 8 nitrogen and oxygen atoms in total. The maximum Gasteiger partial charge on any atom is 0.312 e. The highest BCUT2D eigenvalue weighted by Crippen LogP contribution is 2.27. The van der Waals surface area contributed by atoms with Crippen LogP contribution >= 0.6 is 0 Å². The van der Waals surface area contributed by atoms with Crippen molar-refractivity contribution < 1.29 is 24.2 Å². The van der Waals surface area contributed by atoms with E-state index in [1.807, 2.05) is 6.07 Å². The van der Waals surface area contributed by atoms with Crippen molar-refractivity contribution >= 4 is 5.69 Å². The number of hydrogen-bond donors (Lipinski definition) is 1. The van der Waals surface area contributed by atoms with Gasteiger partial charge in [-0.2, -0.15) is 5.26 Å². The van der Waals surface area contributed by atoms with Crippen LogP contribution in [0.4, 0.5) is 5.69 Å². The molecule has 0 saturated carbocycles. The van der Waals surface area contributed by atoms with Crippen LogP contribution in [0, 0.1) is 21.4 Å². The number of nitrogens with zero attached hydrogens (tertiary/aromatic N) is 2. The second kappa shape index (κ2) is 8.86. The molecule has 21 heavy (non-hydrogen) atoms. The summed E-state index contributed by atoms with van der Waals surface area (Å²) >= 11 is 0. The van der Waals surface area contributed by atoms with Gasteiger partial charge in [-0.15, -0.1) is 0 Å². The smallest absolute Gasteiger partial charge is 0.312 e. The van der Waals surface area contributed by atoms with Crippen molar-refractivity contribution in [1.29, 1.82) is 5.26 Å². The van der Waals surface area contributed by atoms with Crippen LogP contribution in [0.25, 0.3) is 0 Å². The van der Waals surface area contributed by atoms with Crippen LogP contribution in [0.2, 0.25) is 0 Å². The zero-order valence-corrected chi connectivity index (χ0v) is 11.5. The molecule has 0 spiro atoms. The molecule has 0 aliphatic rings. The van der Waals surface area contributed by atoms with E-state index < -0.39 is 11.0 Å². The maximum absolute atomic E-state index is 10.9. The quantitative estimate of drug-likeness (QED) is 0.408. The molecule has 0 aliphatic carbocycles. The van der Waals surface area contributed by atoms with E-state index in [0.29, 0.717) is 13.2 Å². The molecular formula is C13H16N2O6. The van der Waals surface area contributed by atoms with Gasteiger partial charge in [0.25, 0.3) is 0 Å². The van der Waals surface area contributed by atoms with Crippen LogP contribution in [0.3, 0.4) is 0 Å². The summed E-state index contributed by atoms with van der Waals surface area (Å²) in [7, 11) is 1.53. The zero-order chi connectivity index (χ0) is 15.7. The van der Waals surface area contributed by atoms with Crippen molar-refractivity contribution in [2.75, 3.05) is 33.5 Å². The Balaban J connectivity index is 2.55. The monoisotopic (exact) mass is 296 g/mol. The molecule has 0 radical (unpaired) electrons. The van der Waals surface area contributed by atoms with E-state index in [4.69, 9.17) is 19.5 Å². The lowest BCUT2D eigenvalue weighted by Crippen LogP contribution is -2.24. The lowest BCUT2D eigenvalue weighted by molar-refractivity contribution is -0.386. The van der Waals surface area contributed by atoms with E-state index in [-0.39, 0.29) is 30.2 Å². The molecule has 0 saturated heterocycles. The number of ether oxygens (including phenoxy) is 3. The Kier molecular flexibility index (Phi) is 7.11. The van der Waals surface area contributed by atoms with E-state index in [2.05, 4.69) is 0 Å². The molecule has 0 amide bonds. The van der Waals surface area contributed by atoms with Crippen LogP contribution in [0.5, 0.6) is 5.75 Å². The summed E-state index contributed by atoms with van der Waals surface area (Å²) in [6, 6.07) is 5.67. The van der Waals surface area contributed by atoms with Gasteiger partial charge in [-0.3, -0.25) is 10.1 Å². The number of benzene rings is 1. The first-order valence-corrected chi connectivity index (χ1v) is 6.14. The largest absolute Gasteiger partial charge is 0.484 e. The second-order valence-electron chi connectivity index (χ2n) is 4.08. The number of nitro groups is 1. The molecule has 1 N–H and O–H groups in total. The van der Waals surface area contributed by atoms with Crippen molar-refractivity contribution in [3.8, 4) is 11.8 Å². The van der Waals surface area contributed by atoms with Gasteiger partial charge < -0.3 is 19.3 Å². The molecule has 1 atom stereocenters. The first-order chi connectivity index (χ1) is 10.1. The fourth-order valence-corrected chi connectivity index (χ4v) is 1.45. The first-order valence-electron chi connectivity index (χ1n) is 6.14. The number of nitro benzene ring substituents is 1. The van der Waals surface area contributed by atoms with Gasteiger partial charge in [0.15, 0.2) is 5.75 Å². The van der Waals surface area contributed by atoms with E-state index in [0.717, 1.165) is 6.07 Å². The summed E-state index contributed by atoms with van der Waals surface area (Å²) in [5.74, 6) is -0.00468. The maximum atomic E-state index is 10.9. The van der Waals surface area contributed by atoms with Gasteiger partial charge in [-0.05, 0) is 12.1 Å². The third-order valence-corrected chi connectivity index (χ3v) is 2.46. The van der Waals surface area contributed by atoms with Gasteiger partial charge >= 0.3 is 5.69 Å². The standard InChI is InChI=1S/C13H16N2O6/c1-19-4-5-20-8-11(16)9-21-13-3-2-10(7-14)6-12(13)15(17)18/h2-3,6,11,16H,4-5,8-9H2,1H3. The normalized spacial score (nSPS) is 11.7. The Morgan fingerprint density at radius 1 is 1.43 bits per heavy atom. The molecule has 0 heterocycles. The Labute approximate surface area is 121 Å². The molecule has 0 aliphatic heterocycles. The molecule has 8 heteroatoms. The predicted molar refractivity (Wildman–Crippen MR) is 72.0 cm³/mol. The molecule has 1 unspecified atom stereocenters. The van der Waals surface area contributed by atoms with Crippen molar-refractivity contribution in [3.63, 3.8) is 0 Å². The summed E-state index contributed by atoms with van der Waals surface area (Å²) < 4.78 is 15.1. The van der Waals surface area contributed by atoms with E-state index >= 15 is 0 Å². The van der Waals surface area contributed by atoms with Crippen molar-refractivity contribution in [3.05, 3.63) is 33.9 Å². The molecule has 0 bridgehead atoms. The molecule has 1 rings (SSSR count). The van der Waals surface area contributed by atoms with Crippen LogP contribution in [-0.4, -0.2) is 49.7 Å². The Hall–Kier alpha value is -2.21. The summed E-state index contributed by atoms with van der Waals surface area (Å²) in [5, 5.41) is 29.2. The highest BCUT2D eigenvalue weighted by Gasteiger charge is 2.17. The van der Waals surface area contributed by atoms with Crippen molar-refractivity contribution in [2.24, 2.45) is 0 Å². The van der Waals surface area contributed by atoms with Gasteiger partial charge in [-0.1, -0.05) is 0 Å². The summed E-state index contributed by atoms with van der Waals surface area (Å²) in [6.45, 7) is 0.631. The second-order valence-corrected chi connectivity index (χ2v) is 4.08. The fourth-order valence-electron chi connectivity index (χ4n) is 1.45. The molecular weight excluding hydrogens is 280 g/mol. The minimum atomic E-state index is -0.919. The molecule has 114 valence electrons. The number of methoxy groups -OCH3 is 1. The number of aliphatic hydroxyl groups is 1. The van der Waals surface area contributed by atoms with Crippen LogP contribution < -0.4 is 4.74 Å². The predicted octanol–water partition coefficient (Wildman–Crippen LogP) is 0.869. The van der Waals surface area contributed by atoms with Crippen LogP contribution in [-0.2, 0) is 9.47 Å². The van der Waals surface area contributed by atoms with Crippen LogP contribution in [0.1, 0.15) is 5.56 Å². The number of aliphatic hydroxyl groups excluding tert-OH is 1. The fraction of sp³-hybridized carbons (Fsp3) is 0.462. The average Bonchev–Trinajstić information content (AvgIpc) is 2.49. The van der Waals surface area contributed by atoms with Gasteiger partial charge in [0, 0.05) is 13.2 Å². The summed E-state index contributed by atoms with van der Waals surface area (Å²) in [5.41, 5.74) is -0.154. The SMILES string of the molecule is COCCOCC(O)COc1ccc(C#N)cc1[N+](=O)[O-]. The molecule has 1 aromatic rings. The first kappa shape index (κ1) is 16.8. The highest BCUT2D eigenvalue weighted by atomic mass is 16.6. The lowest BCUT2D eigenvalue weighted by Gasteiger charge is -2.12. The van der Waals surface area contributed by atoms with Crippen molar-refractivity contribution in [1.82, 2.24) is 0 Å². The molecule has 1 aromatic carbocycles. The number of rotatable bonds is 9. The molecule has 0 aromatic heterocycles. The zero-order valence-electron chi connectivity index (χ0n) is 11.5. The summed E-state index contributed by atoms with van der Waals surface area (Å²) in [4.78, 5) is 10.3. The summed E-state index contributed by atoms with van der Waals surface area (Å²) in [6.07, 6.45) is -0.919. The van der Waals surface area contributed by atoms with Crippen molar-refractivity contribution in [2.45, 2.75) is 6.10 Å². The lowest BCUT2D eigenvalue weighted by atomic mass is 10.2. The van der Waals surface area contributed by atoms with Crippen LogP contribution in [0.15, 0.2) is 18.2 Å². The molecule has 0 fully saturated rings. The minimum absolute atomic E-state index is 0.00468. The topological polar surface area (TPSA) is 115 Å². The van der Waals surface area contributed by atoms with Gasteiger partial charge in [0.05, 0.1) is 36.4 Å². The Morgan fingerprint density at radius 3 is 2.81 bits per heavy atom. The van der Waals surface area contributed by atoms with Gasteiger partial charge in [-0.25, -0.2) is 0 Å². The van der Waals surface area contributed by atoms with E-state index in [1.165, 1.54) is 19.2 Å². The third-order valence-electron chi connectivity index (χ3n) is 2.46. The van der Waals surface area contributed by atoms with E-state index in [9.17, 15) is 15.2 Å². The van der Waals surface area contributed by atoms with E-state index in [1.54, 1.807) is 0 Å². The number of nitriles is 1. The highest BCUT2D eigenvalue weighted by molar-refractivity contribution is 5.51.